The molecular weight excluding hydrogens is 624 g/mol. The second kappa shape index (κ2) is 15.6. The third-order valence-corrected chi connectivity index (χ3v) is 8.20. The highest BCUT2D eigenvalue weighted by atomic mass is 16.8. The lowest BCUT2D eigenvalue weighted by Gasteiger charge is -2.49. The van der Waals surface area contributed by atoms with E-state index < -0.39 is 149 Å². The molecule has 264 valence electrons. The molecule has 0 saturated carbocycles. The molecular formula is C24H42O21. The predicted octanol–water partition coefficient (Wildman–Crippen LogP) is -9.75. The third kappa shape index (κ3) is 7.44. The zero-order chi connectivity index (χ0) is 33.3. The SMILES string of the molecule is OC[C@@H]1O[C@H](O[C@H]2[C@@H](O)[C@H](O)[C@@H](O[C@@H]3[C@@H](O)[C@@H](O)[C@H](O[C@H]4[C@H](O)[C@@H](O)[C@@H](O)O[C@@H]4CO)O[C@H]3CO)O[C@H]2CO)[C@@H](O)[C@H](O)[C@@H]1O. The van der Waals surface area contributed by atoms with Crippen LogP contribution in [0.3, 0.4) is 0 Å². The molecule has 45 heavy (non-hydrogen) atoms. The number of hydrogen-bond donors (Lipinski definition) is 14. The van der Waals surface area contributed by atoms with Crippen LogP contribution in [-0.2, 0) is 33.2 Å². The molecule has 21 nitrogen and oxygen atoms in total. The van der Waals surface area contributed by atoms with Gasteiger partial charge in [0.15, 0.2) is 25.2 Å². The molecule has 4 heterocycles. The van der Waals surface area contributed by atoms with E-state index >= 15 is 0 Å². The zero-order valence-electron chi connectivity index (χ0n) is 23.5. The van der Waals surface area contributed by atoms with Gasteiger partial charge in [-0.1, -0.05) is 0 Å². The molecule has 0 amide bonds. The zero-order valence-corrected chi connectivity index (χ0v) is 23.5. The maximum Gasteiger partial charge on any atom is 0.187 e. The van der Waals surface area contributed by atoms with E-state index in [1.807, 2.05) is 0 Å². The second-order valence-corrected chi connectivity index (χ2v) is 11.1. The van der Waals surface area contributed by atoms with Gasteiger partial charge in [-0.3, -0.25) is 0 Å². The van der Waals surface area contributed by atoms with Gasteiger partial charge in [-0.25, -0.2) is 0 Å². The smallest absolute Gasteiger partial charge is 0.187 e. The van der Waals surface area contributed by atoms with Crippen LogP contribution in [0.2, 0.25) is 0 Å². The molecule has 4 aliphatic rings. The Bertz CT molecular complexity index is 910. The molecule has 0 bridgehead atoms. The fraction of sp³-hybridized carbons (Fsp3) is 1.00. The van der Waals surface area contributed by atoms with E-state index in [-0.39, 0.29) is 0 Å². The van der Waals surface area contributed by atoms with E-state index in [0.29, 0.717) is 0 Å². The summed E-state index contributed by atoms with van der Waals surface area (Å²) in [5.74, 6) is 0. The first kappa shape index (κ1) is 37.0. The van der Waals surface area contributed by atoms with Crippen LogP contribution in [0.5, 0.6) is 0 Å². The molecule has 4 fully saturated rings. The van der Waals surface area contributed by atoms with Gasteiger partial charge in [0.05, 0.1) is 26.4 Å². The first-order chi connectivity index (χ1) is 21.3. The summed E-state index contributed by atoms with van der Waals surface area (Å²) in [7, 11) is 0. The summed E-state index contributed by atoms with van der Waals surface area (Å²) in [5.41, 5.74) is 0. The van der Waals surface area contributed by atoms with Crippen LogP contribution in [0.25, 0.3) is 0 Å². The van der Waals surface area contributed by atoms with Gasteiger partial charge in [-0.2, -0.15) is 0 Å². The van der Waals surface area contributed by atoms with E-state index in [0.717, 1.165) is 0 Å². The fourth-order valence-corrected chi connectivity index (χ4v) is 5.55. The molecule has 4 aliphatic heterocycles. The van der Waals surface area contributed by atoms with Crippen LogP contribution < -0.4 is 0 Å². The van der Waals surface area contributed by atoms with E-state index in [1.165, 1.54) is 0 Å². The van der Waals surface area contributed by atoms with Crippen molar-refractivity contribution in [3.05, 3.63) is 0 Å². The van der Waals surface area contributed by atoms with Gasteiger partial charge in [0.1, 0.15) is 97.7 Å². The predicted molar refractivity (Wildman–Crippen MR) is 134 cm³/mol. The normalized spacial score (nSPS) is 52.9. The Hall–Kier alpha value is -0.840. The van der Waals surface area contributed by atoms with Gasteiger partial charge in [-0.15, -0.1) is 0 Å². The maximum atomic E-state index is 10.9. The molecule has 21 heteroatoms. The van der Waals surface area contributed by atoms with Crippen LogP contribution in [0, 0.1) is 0 Å². The largest absolute Gasteiger partial charge is 0.394 e. The molecule has 0 radical (unpaired) electrons. The van der Waals surface area contributed by atoms with Crippen LogP contribution in [-0.4, -0.2) is 221 Å². The molecule has 14 N–H and O–H groups in total. The Morgan fingerprint density at radius 1 is 0.333 bits per heavy atom. The lowest BCUT2D eigenvalue weighted by atomic mass is 9.95. The Kier molecular flexibility index (Phi) is 12.8. The summed E-state index contributed by atoms with van der Waals surface area (Å²) in [4.78, 5) is 0. The van der Waals surface area contributed by atoms with Gasteiger partial charge in [0, 0.05) is 0 Å². The molecule has 0 spiro atoms. The third-order valence-electron chi connectivity index (χ3n) is 8.20. The van der Waals surface area contributed by atoms with E-state index in [1.54, 1.807) is 0 Å². The van der Waals surface area contributed by atoms with Crippen molar-refractivity contribution in [2.24, 2.45) is 0 Å². The van der Waals surface area contributed by atoms with Crippen molar-refractivity contribution in [3.63, 3.8) is 0 Å². The highest BCUT2D eigenvalue weighted by Gasteiger charge is 2.55. The highest BCUT2D eigenvalue weighted by molar-refractivity contribution is 4.97. The summed E-state index contributed by atoms with van der Waals surface area (Å²) in [6, 6.07) is 0. The first-order valence-electron chi connectivity index (χ1n) is 14.1. The Labute approximate surface area is 254 Å². The van der Waals surface area contributed by atoms with Gasteiger partial charge in [0.25, 0.3) is 0 Å². The van der Waals surface area contributed by atoms with Crippen molar-refractivity contribution < 1.29 is 105 Å². The van der Waals surface area contributed by atoms with Crippen molar-refractivity contribution in [2.45, 2.75) is 123 Å². The van der Waals surface area contributed by atoms with E-state index in [2.05, 4.69) is 0 Å². The van der Waals surface area contributed by atoms with Crippen molar-refractivity contribution >= 4 is 0 Å². The monoisotopic (exact) mass is 666 g/mol. The molecule has 0 aromatic carbocycles. The van der Waals surface area contributed by atoms with Crippen molar-refractivity contribution in [1.29, 1.82) is 0 Å². The Morgan fingerprint density at radius 3 is 1.02 bits per heavy atom. The van der Waals surface area contributed by atoms with Gasteiger partial charge in [-0.05, 0) is 0 Å². The van der Waals surface area contributed by atoms with Crippen molar-refractivity contribution in [1.82, 2.24) is 0 Å². The van der Waals surface area contributed by atoms with Crippen LogP contribution in [0.4, 0.5) is 0 Å². The van der Waals surface area contributed by atoms with E-state index in [9.17, 15) is 71.5 Å². The minimum Gasteiger partial charge on any atom is -0.394 e. The number of rotatable bonds is 10. The number of ether oxygens (including phenoxy) is 7. The van der Waals surface area contributed by atoms with Crippen LogP contribution in [0.15, 0.2) is 0 Å². The molecule has 0 unspecified atom stereocenters. The quantitative estimate of drug-likeness (QED) is 0.103. The van der Waals surface area contributed by atoms with E-state index in [4.69, 9.17) is 33.2 Å². The van der Waals surface area contributed by atoms with Gasteiger partial charge < -0.3 is 105 Å². The summed E-state index contributed by atoms with van der Waals surface area (Å²) in [6.07, 6.45) is -35.3. The molecule has 0 aromatic rings. The molecule has 0 aromatic heterocycles. The maximum absolute atomic E-state index is 10.9. The average molecular weight is 667 g/mol. The van der Waals surface area contributed by atoms with Gasteiger partial charge in [0.2, 0.25) is 0 Å². The highest BCUT2D eigenvalue weighted by Crippen LogP contribution is 2.34. The summed E-state index contributed by atoms with van der Waals surface area (Å²) >= 11 is 0. The number of aliphatic hydroxyl groups is 14. The Morgan fingerprint density at radius 2 is 0.644 bits per heavy atom. The average Bonchev–Trinajstić information content (AvgIpc) is 3.03. The summed E-state index contributed by atoms with van der Waals surface area (Å²) in [5, 5.41) is 142. The first-order valence-corrected chi connectivity index (χ1v) is 14.1. The number of hydrogen-bond acceptors (Lipinski definition) is 21. The second-order valence-electron chi connectivity index (χ2n) is 11.1. The topological polar surface area (TPSA) is 348 Å². The van der Waals surface area contributed by atoms with Crippen molar-refractivity contribution in [3.8, 4) is 0 Å². The molecule has 0 aliphatic carbocycles. The lowest BCUT2D eigenvalue weighted by molar-refractivity contribution is -0.387. The van der Waals surface area contributed by atoms with Crippen LogP contribution in [0.1, 0.15) is 0 Å². The summed E-state index contributed by atoms with van der Waals surface area (Å²) < 4.78 is 37.7. The minimum atomic E-state index is -2.02. The molecule has 4 saturated heterocycles. The van der Waals surface area contributed by atoms with Gasteiger partial charge >= 0.3 is 0 Å². The Balaban J connectivity index is 1.43. The lowest BCUT2D eigenvalue weighted by Crippen LogP contribution is -2.67. The fourth-order valence-electron chi connectivity index (χ4n) is 5.55. The summed E-state index contributed by atoms with van der Waals surface area (Å²) in [6.45, 7) is -3.39. The molecule has 20 atom stereocenters. The van der Waals surface area contributed by atoms with Crippen LogP contribution >= 0.6 is 0 Å². The minimum absolute atomic E-state index is 0.784. The number of aliphatic hydroxyl groups excluding tert-OH is 14. The molecule has 4 rings (SSSR count). The van der Waals surface area contributed by atoms with Crippen molar-refractivity contribution in [2.75, 3.05) is 26.4 Å². The standard InChI is InChI=1S/C24H42O21/c25-1-5-9(29)10(30)15(35)22(40-5)44-19-7(3-27)42-24(17(37)12(19)32)45-20-8(4-28)41-23(16(36)13(20)33)43-18-6(2-26)39-21(38)14(34)11(18)31/h5-38H,1-4H2/t5-,6+,7-,8-,9+,10+,11+,12-,13-,14+,15-,16+,17-,18+,19+,20-,21-,22+,23-,24+/m0/s1.